The lowest BCUT2D eigenvalue weighted by atomic mass is 9.99. The van der Waals surface area contributed by atoms with E-state index in [1.54, 1.807) is 4.90 Å². The third kappa shape index (κ3) is 4.55. The molecule has 2 rings (SSSR count). The fraction of sp³-hybridized carbons (Fsp3) is 0.500. The Labute approximate surface area is 141 Å². The molecule has 1 fully saturated rings. The second-order valence-corrected chi connectivity index (χ2v) is 7.69. The van der Waals surface area contributed by atoms with E-state index in [1.165, 1.54) is 31.2 Å². The van der Waals surface area contributed by atoms with Gasteiger partial charge in [-0.15, -0.1) is 0 Å². The number of primary sulfonamides is 1. The molecule has 1 aliphatic heterocycles. The van der Waals surface area contributed by atoms with Gasteiger partial charge < -0.3 is 9.64 Å². The molecule has 1 aromatic carbocycles. The smallest absolute Gasteiger partial charge is 0.338 e. The van der Waals surface area contributed by atoms with Crippen LogP contribution in [0.1, 0.15) is 37.0 Å². The summed E-state index contributed by atoms with van der Waals surface area (Å²) in [6, 6.07) is 5.07. The van der Waals surface area contributed by atoms with Crippen LogP contribution in [0.4, 0.5) is 0 Å². The van der Waals surface area contributed by atoms with Crippen LogP contribution in [-0.4, -0.2) is 44.4 Å². The van der Waals surface area contributed by atoms with E-state index in [4.69, 9.17) is 9.88 Å². The molecule has 1 atom stereocenters. The first-order chi connectivity index (χ1) is 11.2. The molecule has 0 saturated carbocycles. The number of ether oxygens (including phenoxy) is 1. The van der Waals surface area contributed by atoms with E-state index in [0.717, 1.165) is 12.8 Å². The molecule has 1 heterocycles. The molecule has 1 aliphatic rings. The van der Waals surface area contributed by atoms with Crippen LogP contribution in [-0.2, 0) is 19.6 Å². The van der Waals surface area contributed by atoms with Crippen LogP contribution in [0, 0.1) is 5.92 Å². The Morgan fingerprint density at radius 1 is 1.21 bits per heavy atom. The summed E-state index contributed by atoms with van der Waals surface area (Å²) in [5.41, 5.74) is 0.161. The SMILES string of the molecule is CC1CCN(C(=O)[C@@H](C)OC(=O)c2ccc(S(N)(=O)=O)cc2)CC1. The average molecular weight is 354 g/mol. The lowest BCUT2D eigenvalue weighted by molar-refractivity contribution is -0.141. The maximum absolute atomic E-state index is 12.3. The predicted octanol–water partition coefficient (Wildman–Crippen LogP) is 1.14. The molecule has 7 nitrogen and oxygen atoms in total. The summed E-state index contributed by atoms with van der Waals surface area (Å²) in [5.74, 6) is -0.289. The normalized spacial score (nSPS) is 17.4. The number of carbonyl (C=O) groups is 2. The Hall–Kier alpha value is -1.93. The van der Waals surface area contributed by atoms with Gasteiger partial charge in [-0.3, -0.25) is 4.79 Å². The second-order valence-electron chi connectivity index (χ2n) is 6.12. The monoisotopic (exact) mass is 354 g/mol. The number of hydrogen-bond donors (Lipinski definition) is 1. The van der Waals surface area contributed by atoms with Gasteiger partial charge in [-0.1, -0.05) is 6.92 Å². The molecular formula is C16H22N2O5S. The summed E-state index contributed by atoms with van der Waals surface area (Å²) in [5, 5.41) is 5.00. The van der Waals surface area contributed by atoms with E-state index in [2.05, 4.69) is 6.92 Å². The van der Waals surface area contributed by atoms with Crippen molar-refractivity contribution in [3.8, 4) is 0 Å². The van der Waals surface area contributed by atoms with E-state index in [9.17, 15) is 18.0 Å². The number of nitrogens with zero attached hydrogens (tertiary/aromatic N) is 1. The number of benzene rings is 1. The molecule has 0 radical (unpaired) electrons. The van der Waals surface area contributed by atoms with Crippen LogP contribution in [0.15, 0.2) is 29.2 Å². The Morgan fingerprint density at radius 3 is 2.25 bits per heavy atom. The fourth-order valence-electron chi connectivity index (χ4n) is 2.55. The first-order valence-electron chi connectivity index (χ1n) is 7.81. The molecule has 0 spiro atoms. The first-order valence-corrected chi connectivity index (χ1v) is 9.35. The third-order valence-corrected chi connectivity index (χ3v) is 5.07. The van der Waals surface area contributed by atoms with E-state index in [1.807, 2.05) is 0 Å². The van der Waals surface area contributed by atoms with Crippen LogP contribution in [0.3, 0.4) is 0 Å². The molecule has 24 heavy (non-hydrogen) atoms. The van der Waals surface area contributed by atoms with Crippen LogP contribution in [0.25, 0.3) is 0 Å². The van der Waals surface area contributed by atoms with Crippen molar-refractivity contribution in [1.29, 1.82) is 0 Å². The summed E-state index contributed by atoms with van der Waals surface area (Å²) in [6.07, 6.45) is 1.01. The second kappa shape index (κ2) is 7.31. The van der Waals surface area contributed by atoms with E-state index in [0.29, 0.717) is 19.0 Å². The summed E-state index contributed by atoms with van der Waals surface area (Å²) in [7, 11) is -3.81. The van der Waals surface area contributed by atoms with E-state index >= 15 is 0 Å². The van der Waals surface area contributed by atoms with Crippen molar-refractivity contribution in [1.82, 2.24) is 4.90 Å². The zero-order valence-electron chi connectivity index (χ0n) is 13.8. The lowest BCUT2D eigenvalue weighted by Gasteiger charge is -2.31. The van der Waals surface area contributed by atoms with Gasteiger partial charge in [-0.2, -0.15) is 0 Å². The van der Waals surface area contributed by atoms with Crippen molar-refractivity contribution >= 4 is 21.9 Å². The number of rotatable bonds is 4. The Balaban J connectivity index is 1.97. The highest BCUT2D eigenvalue weighted by Crippen LogP contribution is 2.18. The average Bonchev–Trinajstić information content (AvgIpc) is 2.54. The van der Waals surface area contributed by atoms with Crippen LogP contribution < -0.4 is 5.14 Å². The highest BCUT2D eigenvalue weighted by Gasteiger charge is 2.27. The zero-order chi connectivity index (χ0) is 17.9. The molecule has 1 amide bonds. The third-order valence-electron chi connectivity index (χ3n) is 4.15. The standard InChI is InChI=1S/C16H22N2O5S/c1-11-7-9-18(10-8-11)15(19)12(2)23-16(20)13-3-5-14(6-4-13)24(17,21)22/h3-6,11-12H,7-10H2,1-2H3,(H2,17,21,22)/t12-/m1/s1. The van der Waals surface area contributed by atoms with E-state index in [-0.39, 0.29) is 16.4 Å². The van der Waals surface area contributed by atoms with Crippen molar-refractivity contribution in [3.05, 3.63) is 29.8 Å². The quantitative estimate of drug-likeness (QED) is 0.816. The summed E-state index contributed by atoms with van der Waals surface area (Å²) in [6.45, 7) is 5.03. The zero-order valence-corrected chi connectivity index (χ0v) is 14.6. The Kier molecular flexibility index (Phi) is 5.61. The maximum Gasteiger partial charge on any atom is 0.338 e. The van der Waals surface area contributed by atoms with Gasteiger partial charge in [0, 0.05) is 13.1 Å². The molecule has 0 aliphatic carbocycles. The summed E-state index contributed by atoms with van der Waals surface area (Å²) in [4.78, 5) is 26.0. The Morgan fingerprint density at radius 2 is 1.75 bits per heavy atom. The fourth-order valence-corrected chi connectivity index (χ4v) is 3.06. The van der Waals surface area contributed by atoms with Crippen molar-refractivity contribution in [2.24, 2.45) is 11.1 Å². The lowest BCUT2D eigenvalue weighted by Crippen LogP contribution is -2.44. The minimum Gasteiger partial charge on any atom is -0.449 e. The largest absolute Gasteiger partial charge is 0.449 e. The predicted molar refractivity (Wildman–Crippen MR) is 87.7 cm³/mol. The highest BCUT2D eigenvalue weighted by atomic mass is 32.2. The molecular weight excluding hydrogens is 332 g/mol. The van der Waals surface area contributed by atoms with E-state index < -0.39 is 22.1 Å². The van der Waals surface area contributed by atoms with Gasteiger partial charge in [0.05, 0.1) is 10.5 Å². The van der Waals surface area contributed by atoms with Crippen molar-refractivity contribution in [2.75, 3.05) is 13.1 Å². The van der Waals surface area contributed by atoms with Gasteiger partial charge >= 0.3 is 5.97 Å². The van der Waals surface area contributed by atoms with Gasteiger partial charge in [0.15, 0.2) is 6.10 Å². The highest BCUT2D eigenvalue weighted by molar-refractivity contribution is 7.89. The molecule has 132 valence electrons. The van der Waals surface area contributed by atoms with Gasteiger partial charge in [0.2, 0.25) is 10.0 Å². The number of amides is 1. The Bertz CT molecular complexity index is 706. The summed E-state index contributed by atoms with van der Waals surface area (Å²) >= 11 is 0. The van der Waals surface area contributed by atoms with Crippen molar-refractivity contribution < 1.29 is 22.7 Å². The molecule has 1 aromatic rings. The minimum absolute atomic E-state index is 0.0920. The number of sulfonamides is 1. The number of hydrogen-bond acceptors (Lipinski definition) is 5. The number of esters is 1. The maximum atomic E-state index is 12.3. The van der Waals surface area contributed by atoms with Crippen LogP contribution >= 0.6 is 0 Å². The van der Waals surface area contributed by atoms with Crippen LogP contribution in [0.2, 0.25) is 0 Å². The minimum atomic E-state index is -3.81. The summed E-state index contributed by atoms with van der Waals surface area (Å²) < 4.78 is 27.6. The molecule has 1 saturated heterocycles. The van der Waals surface area contributed by atoms with Gasteiger partial charge in [0.1, 0.15) is 0 Å². The first kappa shape index (κ1) is 18.4. The van der Waals surface area contributed by atoms with Crippen molar-refractivity contribution in [3.63, 3.8) is 0 Å². The molecule has 0 bridgehead atoms. The number of carbonyl (C=O) groups excluding carboxylic acids is 2. The number of likely N-dealkylation sites (tertiary alicyclic amines) is 1. The molecule has 0 aromatic heterocycles. The van der Waals surface area contributed by atoms with Gasteiger partial charge in [-0.05, 0) is 49.9 Å². The van der Waals surface area contributed by atoms with Crippen LogP contribution in [0.5, 0.6) is 0 Å². The molecule has 8 heteroatoms. The van der Waals surface area contributed by atoms with Crippen molar-refractivity contribution in [2.45, 2.75) is 37.7 Å². The molecule has 2 N–H and O–H groups in total. The van der Waals surface area contributed by atoms with Gasteiger partial charge in [-0.25, -0.2) is 18.4 Å². The molecule has 0 unspecified atom stereocenters. The number of piperidine rings is 1. The number of nitrogens with two attached hydrogens (primary N) is 1. The topological polar surface area (TPSA) is 107 Å². The van der Waals surface area contributed by atoms with Gasteiger partial charge in [0.25, 0.3) is 5.91 Å².